The van der Waals surface area contributed by atoms with Gasteiger partial charge in [-0.25, -0.2) is 0 Å². The average molecular weight is 317 g/mol. The van der Waals surface area contributed by atoms with Gasteiger partial charge in [0.25, 0.3) is 0 Å². The largest absolute Gasteiger partial charge is 0.481 e. The van der Waals surface area contributed by atoms with Crippen LogP contribution in [0.15, 0.2) is 29.6 Å². The molecule has 0 bridgehead atoms. The molecule has 0 aliphatic heterocycles. The van der Waals surface area contributed by atoms with E-state index >= 15 is 0 Å². The monoisotopic (exact) mass is 317 g/mol. The maximum atomic E-state index is 12.2. The molecular formula is C15H15N3O3S. The molecular weight excluding hydrogens is 302 g/mol. The van der Waals surface area contributed by atoms with Crippen LogP contribution in [0.25, 0.3) is 11.3 Å². The van der Waals surface area contributed by atoms with Crippen molar-refractivity contribution in [3.63, 3.8) is 0 Å². The summed E-state index contributed by atoms with van der Waals surface area (Å²) < 4.78 is 3.81. The lowest BCUT2D eigenvalue weighted by atomic mass is 10.1. The van der Waals surface area contributed by atoms with Crippen molar-refractivity contribution in [1.82, 2.24) is 9.59 Å². The van der Waals surface area contributed by atoms with Crippen molar-refractivity contribution in [2.75, 3.05) is 5.32 Å². The van der Waals surface area contributed by atoms with E-state index in [0.717, 1.165) is 11.3 Å². The van der Waals surface area contributed by atoms with Crippen LogP contribution in [0.4, 0.5) is 5.69 Å². The van der Waals surface area contributed by atoms with E-state index in [-0.39, 0.29) is 5.91 Å². The van der Waals surface area contributed by atoms with Crippen LogP contribution in [0, 0.1) is 17.3 Å². The lowest BCUT2D eigenvalue weighted by Crippen LogP contribution is -2.17. The second kappa shape index (κ2) is 5.17. The standard InChI is InChI=1S/C15H15N3O3S/c1-15(2)11(12(15)14(20)21)13(19)16-9-5-3-8(4-6-9)10-7-22-18-17-10/h3-7,11-12H,1-2H3,(H,16,19)(H,20,21)/t11-,12+/m1/s1. The Labute approximate surface area is 131 Å². The van der Waals surface area contributed by atoms with Crippen molar-refractivity contribution in [1.29, 1.82) is 0 Å². The Morgan fingerprint density at radius 2 is 1.91 bits per heavy atom. The van der Waals surface area contributed by atoms with Crippen LogP contribution in [0.1, 0.15) is 13.8 Å². The zero-order chi connectivity index (χ0) is 15.9. The maximum Gasteiger partial charge on any atom is 0.307 e. The molecule has 7 heteroatoms. The molecule has 1 aromatic heterocycles. The first-order chi connectivity index (χ1) is 10.4. The van der Waals surface area contributed by atoms with E-state index in [9.17, 15) is 9.59 Å². The van der Waals surface area contributed by atoms with Gasteiger partial charge in [-0.2, -0.15) is 0 Å². The van der Waals surface area contributed by atoms with E-state index in [1.165, 1.54) is 11.5 Å². The summed E-state index contributed by atoms with van der Waals surface area (Å²) in [5, 5.41) is 17.7. The maximum absolute atomic E-state index is 12.2. The number of carbonyl (C=O) groups is 2. The molecule has 0 spiro atoms. The van der Waals surface area contributed by atoms with E-state index in [4.69, 9.17) is 5.11 Å². The Kier molecular flexibility index (Phi) is 3.44. The fourth-order valence-electron chi connectivity index (χ4n) is 2.82. The second-order valence-corrected chi connectivity index (χ2v) is 6.58. The van der Waals surface area contributed by atoms with Gasteiger partial charge in [-0.15, -0.1) is 5.10 Å². The normalized spacial score (nSPS) is 22.1. The van der Waals surface area contributed by atoms with E-state index in [0.29, 0.717) is 5.69 Å². The van der Waals surface area contributed by atoms with Crippen LogP contribution in [-0.4, -0.2) is 26.6 Å². The number of carboxylic acid groups (broad SMARTS) is 1. The summed E-state index contributed by atoms with van der Waals surface area (Å²) in [5.74, 6) is -2.28. The van der Waals surface area contributed by atoms with Gasteiger partial charge in [0, 0.05) is 16.6 Å². The molecule has 1 saturated carbocycles. The Bertz CT molecular complexity index is 710. The Balaban J connectivity index is 1.69. The van der Waals surface area contributed by atoms with Crippen molar-refractivity contribution in [2.24, 2.45) is 17.3 Å². The summed E-state index contributed by atoms with van der Waals surface area (Å²) in [6, 6.07) is 7.24. The first-order valence-corrected chi connectivity index (χ1v) is 7.66. The minimum atomic E-state index is -0.920. The van der Waals surface area contributed by atoms with E-state index < -0.39 is 23.2 Å². The number of nitrogens with zero attached hydrogens (tertiary/aromatic N) is 2. The molecule has 114 valence electrons. The van der Waals surface area contributed by atoms with Crippen molar-refractivity contribution < 1.29 is 14.7 Å². The van der Waals surface area contributed by atoms with E-state index in [2.05, 4.69) is 14.9 Å². The van der Waals surface area contributed by atoms with Gasteiger partial charge in [-0.05, 0) is 29.1 Å². The third-order valence-electron chi connectivity index (χ3n) is 4.18. The SMILES string of the molecule is CC1(C)[C@H](C(=O)O)[C@@H]1C(=O)Nc1ccc(-c2csnn2)cc1. The van der Waals surface area contributed by atoms with Crippen molar-refractivity contribution in [3.05, 3.63) is 29.6 Å². The minimum Gasteiger partial charge on any atom is -0.481 e. The minimum absolute atomic E-state index is 0.250. The Hall–Kier alpha value is -2.28. The number of aliphatic carboxylic acids is 1. The third-order valence-corrected chi connectivity index (χ3v) is 4.69. The number of carboxylic acids is 1. The van der Waals surface area contributed by atoms with Crippen molar-refractivity contribution in [2.45, 2.75) is 13.8 Å². The molecule has 6 nitrogen and oxygen atoms in total. The number of carbonyl (C=O) groups excluding carboxylic acids is 1. The Morgan fingerprint density at radius 3 is 2.41 bits per heavy atom. The van der Waals surface area contributed by atoms with Crippen molar-refractivity contribution >= 4 is 29.1 Å². The summed E-state index contributed by atoms with van der Waals surface area (Å²) in [5.41, 5.74) is 1.85. The Morgan fingerprint density at radius 1 is 1.23 bits per heavy atom. The van der Waals surface area contributed by atoms with E-state index in [1.807, 2.05) is 17.5 Å². The van der Waals surface area contributed by atoms with Crippen molar-refractivity contribution in [3.8, 4) is 11.3 Å². The topological polar surface area (TPSA) is 92.2 Å². The van der Waals surface area contributed by atoms with Crippen LogP contribution in [-0.2, 0) is 9.59 Å². The lowest BCUT2D eigenvalue weighted by Gasteiger charge is -2.06. The molecule has 0 radical (unpaired) electrons. The molecule has 1 fully saturated rings. The van der Waals surface area contributed by atoms with Crippen LogP contribution >= 0.6 is 11.5 Å². The van der Waals surface area contributed by atoms with Crippen LogP contribution in [0.5, 0.6) is 0 Å². The second-order valence-electron chi connectivity index (χ2n) is 5.97. The molecule has 0 saturated heterocycles. The number of aromatic nitrogens is 2. The highest BCUT2D eigenvalue weighted by Crippen LogP contribution is 2.58. The molecule has 1 aromatic carbocycles. The fourth-order valence-corrected chi connectivity index (χ4v) is 3.29. The molecule has 1 amide bonds. The third kappa shape index (κ3) is 2.48. The molecule has 1 aliphatic carbocycles. The number of benzene rings is 1. The molecule has 22 heavy (non-hydrogen) atoms. The summed E-state index contributed by atoms with van der Waals surface area (Å²) in [6.45, 7) is 3.60. The fraction of sp³-hybridized carbons (Fsp3) is 0.333. The van der Waals surface area contributed by atoms with Gasteiger partial charge in [-0.3, -0.25) is 9.59 Å². The predicted molar refractivity (Wildman–Crippen MR) is 82.4 cm³/mol. The van der Waals surface area contributed by atoms with Gasteiger partial charge < -0.3 is 10.4 Å². The van der Waals surface area contributed by atoms with Gasteiger partial charge in [0.05, 0.1) is 11.8 Å². The molecule has 0 unspecified atom stereocenters. The van der Waals surface area contributed by atoms with Gasteiger partial charge in [-0.1, -0.05) is 30.5 Å². The quantitative estimate of drug-likeness (QED) is 0.904. The zero-order valence-electron chi connectivity index (χ0n) is 12.1. The first-order valence-electron chi connectivity index (χ1n) is 6.82. The number of amides is 1. The molecule has 2 N–H and O–H groups in total. The summed E-state index contributed by atoms with van der Waals surface area (Å²) in [6.07, 6.45) is 0. The number of hydrogen-bond donors (Lipinski definition) is 2. The molecule has 2 atom stereocenters. The van der Waals surface area contributed by atoms with Crippen LogP contribution in [0.3, 0.4) is 0 Å². The highest BCUT2D eigenvalue weighted by atomic mass is 32.1. The lowest BCUT2D eigenvalue weighted by molar-refractivity contribution is -0.140. The zero-order valence-corrected chi connectivity index (χ0v) is 12.9. The molecule has 1 aliphatic rings. The number of anilines is 1. The summed E-state index contributed by atoms with van der Waals surface area (Å²) in [7, 11) is 0. The van der Waals surface area contributed by atoms with Gasteiger partial charge in [0.15, 0.2) is 0 Å². The first kappa shape index (κ1) is 14.6. The van der Waals surface area contributed by atoms with Gasteiger partial charge >= 0.3 is 5.97 Å². The van der Waals surface area contributed by atoms with E-state index in [1.54, 1.807) is 26.0 Å². The number of hydrogen-bond acceptors (Lipinski definition) is 5. The van der Waals surface area contributed by atoms with Gasteiger partial charge in [0.2, 0.25) is 5.91 Å². The molecule has 1 heterocycles. The summed E-state index contributed by atoms with van der Waals surface area (Å²) >= 11 is 1.28. The number of nitrogens with one attached hydrogen (secondary N) is 1. The van der Waals surface area contributed by atoms with Crippen LogP contribution in [0.2, 0.25) is 0 Å². The predicted octanol–water partition coefficient (Wildman–Crippen LogP) is 2.50. The molecule has 2 aromatic rings. The summed E-state index contributed by atoms with van der Waals surface area (Å²) in [4.78, 5) is 23.4. The number of rotatable bonds is 4. The highest BCUT2D eigenvalue weighted by molar-refractivity contribution is 7.03. The molecule has 3 rings (SSSR count). The highest BCUT2D eigenvalue weighted by Gasteiger charge is 2.65. The van der Waals surface area contributed by atoms with Gasteiger partial charge in [0.1, 0.15) is 5.69 Å². The van der Waals surface area contributed by atoms with Crippen LogP contribution < -0.4 is 5.32 Å². The average Bonchev–Trinajstić information content (AvgIpc) is 2.84. The smallest absolute Gasteiger partial charge is 0.307 e.